The molecule has 2 aromatic rings. The van der Waals surface area contributed by atoms with Crippen LogP contribution >= 0.6 is 11.6 Å². The van der Waals surface area contributed by atoms with Crippen LogP contribution in [0, 0.1) is 13.8 Å². The normalized spacial score (nSPS) is 13.6. The molecule has 0 fully saturated rings. The third-order valence-corrected chi connectivity index (χ3v) is 6.01. The Morgan fingerprint density at radius 2 is 1.82 bits per heavy atom. The maximum absolute atomic E-state index is 13.0. The first-order valence-electron chi connectivity index (χ1n) is 10.5. The Balaban J connectivity index is 1.81. The predicted molar refractivity (Wildman–Crippen MR) is 123 cm³/mol. The van der Waals surface area contributed by atoms with Gasteiger partial charge in [0.25, 0.3) is 11.8 Å². The number of hydrogen-bond donors (Lipinski definition) is 3. The van der Waals surface area contributed by atoms with Crippen LogP contribution in [0.25, 0.3) is 0 Å². The van der Waals surface area contributed by atoms with Crippen LogP contribution in [0.4, 0.5) is 0 Å². The number of carboxylic acids is 1. The summed E-state index contributed by atoms with van der Waals surface area (Å²) in [6.45, 7) is 5.60. The Bertz CT molecular complexity index is 1110. The van der Waals surface area contributed by atoms with E-state index < -0.39 is 17.9 Å². The average molecular weight is 472 g/mol. The molecule has 3 amide bonds. The van der Waals surface area contributed by atoms with Crippen LogP contribution in [0.5, 0.6) is 0 Å². The van der Waals surface area contributed by atoms with Crippen LogP contribution in [0.2, 0.25) is 5.02 Å². The van der Waals surface area contributed by atoms with Gasteiger partial charge in [0.05, 0.1) is 0 Å². The van der Waals surface area contributed by atoms with Gasteiger partial charge in [-0.15, -0.1) is 0 Å². The van der Waals surface area contributed by atoms with E-state index in [1.54, 1.807) is 36.1 Å². The van der Waals surface area contributed by atoms with Crippen molar-refractivity contribution in [3.8, 4) is 0 Å². The molecule has 2 aromatic carbocycles. The van der Waals surface area contributed by atoms with Crippen molar-refractivity contribution >= 4 is 35.3 Å². The van der Waals surface area contributed by atoms with E-state index in [1.807, 2.05) is 13.0 Å². The highest BCUT2D eigenvalue weighted by Crippen LogP contribution is 2.28. The van der Waals surface area contributed by atoms with Crippen molar-refractivity contribution in [2.45, 2.75) is 39.8 Å². The number of nitrogens with one attached hydrogen (secondary N) is 2. The van der Waals surface area contributed by atoms with E-state index in [2.05, 4.69) is 10.6 Å². The fourth-order valence-electron chi connectivity index (χ4n) is 4.10. The maximum atomic E-state index is 13.0. The first-order chi connectivity index (χ1) is 15.6. The Morgan fingerprint density at radius 3 is 2.42 bits per heavy atom. The van der Waals surface area contributed by atoms with E-state index in [-0.39, 0.29) is 18.4 Å². The van der Waals surface area contributed by atoms with Crippen molar-refractivity contribution in [3.63, 3.8) is 0 Å². The van der Waals surface area contributed by atoms with Gasteiger partial charge in [-0.3, -0.25) is 14.4 Å². The molecule has 174 valence electrons. The molecule has 0 saturated carbocycles. The molecule has 1 aliphatic rings. The molecule has 0 aliphatic carbocycles. The number of aryl methyl sites for hydroxylation is 1. The molecule has 0 saturated heterocycles. The fourth-order valence-corrected chi connectivity index (χ4v) is 4.23. The zero-order chi connectivity index (χ0) is 24.3. The molecular weight excluding hydrogens is 446 g/mol. The van der Waals surface area contributed by atoms with E-state index in [1.165, 1.54) is 6.92 Å². The van der Waals surface area contributed by atoms with E-state index in [0.29, 0.717) is 41.2 Å². The molecule has 0 radical (unpaired) electrons. The van der Waals surface area contributed by atoms with Crippen LogP contribution in [-0.2, 0) is 22.6 Å². The average Bonchev–Trinajstić information content (AvgIpc) is 2.75. The van der Waals surface area contributed by atoms with Crippen LogP contribution in [-0.4, -0.2) is 52.8 Å². The Hall–Kier alpha value is -3.39. The van der Waals surface area contributed by atoms with Crippen molar-refractivity contribution in [2.75, 3.05) is 13.1 Å². The number of aliphatic carboxylic acids is 1. The second-order valence-electron chi connectivity index (χ2n) is 8.12. The van der Waals surface area contributed by atoms with Gasteiger partial charge in [0.2, 0.25) is 5.91 Å². The Morgan fingerprint density at radius 1 is 1.15 bits per heavy atom. The SMILES string of the molecule is CC(=O)NC[C@H](NC(=O)c1c(C)cc2c(c1C)CCN(C(=O)c1ccc(Cl)cc1)C2)C(=O)O. The van der Waals surface area contributed by atoms with Gasteiger partial charge in [0, 0.05) is 42.7 Å². The van der Waals surface area contributed by atoms with Gasteiger partial charge < -0.3 is 20.6 Å². The standard InChI is InChI=1S/C24H26ClN3O5/c1-13-10-17-12-28(23(31)16-4-6-18(25)7-5-16)9-8-19(17)14(2)21(13)22(30)27-20(24(32)33)11-26-15(3)29/h4-7,10,20H,8-9,11-12H2,1-3H3,(H,26,29)(H,27,30)(H,32,33)/t20-/m0/s1. The number of amides is 3. The minimum absolute atomic E-state index is 0.0864. The molecule has 0 unspecified atom stereocenters. The third-order valence-electron chi connectivity index (χ3n) is 5.76. The Kier molecular flexibility index (Phi) is 7.38. The summed E-state index contributed by atoms with van der Waals surface area (Å²) in [6, 6.07) is 7.39. The number of carbonyl (C=O) groups excluding carboxylic acids is 3. The molecule has 3 N–H and O–H groups in total. The summed E-state index contributed by atoms with van der Waals surface area (Å²) in [6.07, 6.45) is 0.579. The van der Waals surface area contributed by atoms with E-state index in [0.717, 1.165) is 16.7 Å². The summed E-state index contributed by atoms with van der Waals surface area (Å²) in [5.41, 5.74) is 4.38. The highest BCUT2D eigenvalue weighted by Gasteiger charge is 2.28. The number of benzene rings is 2. The number of hydrogen-bond acceptors (Lipinski definition) is 4. The van der Waals surface area contributed by atoms with E-state index in [4.69, 9.17) is 11.6 Å². The lowest BCUT2D eigenvalue weighted by Crippen LogP contribution is -2.48. The zero-order valence-corrected chi connectivity index (χ0v) is 19.5. The number of carboxylic acid groups (broad SMARTS) is 1. The van der Waals surface area contributed by atoms with E-state index in [9.17, 15) is 24.3 Å². The highest BCUT2D eigenvalue weighted by atomic mass is 35.5. The van der Waals surface area contributed by atoms with Gasteiger partial charge in [-0.25, -0.2) is 4.79 Å². The van der Waals surface area contributed by atoms with Crippen molar-refractivity contribution in [1.82, 2.24) is 15.5 Å². The molecule has 33 heavy (non-hydrogen) atoms. The summed E-state index contributed by atoms with van der Waals surface area (Å²) in [5.74, 6) is -2.21. The van der Waals surface area contributed by atoms with Crippen molar-refractivity contribution < 1.29 is 24.3 Å². The minimum Gasteiger partial charge on any atom is -0.480 e. The first-order valence-corrected chi connectivity index (χ1v) is 10.9. The van der Waals surface area contributed by atoms with Crippen molar-refractivity contribution in [3.05, 3.63) is 68.7 Å². The van der Waals surface area contributed by atoms with Crippen molar-refractivity contribution in [1.29, 1.82) is 0 Å². The molecule has 0 aromatic heterocycles. The predicted octanol–water partition coefficient (Wildman–Crippen LogP) is 2.47. The Labute approximate surface area is 196 Å². The summed E-state index contributed by atoms with van der Waals surface area (Å²) >= 11 is 5.92. The first kappa shape index (κ1) is 24.3. The van der Waals surface area contributed by atoms with Gasteiger partial charge >= 0.3 is 5.97 Å². The molecule has 1 heterocycles. The lowest BCUT2D eigenvalue weighted by atomic mass is 9.88. The highest BCUT2D eigenvalue weighted by molar-refractivity contribution is 6.30. The molecule has 9 heteroatoms. The van der Waals surface area contributed by atoms with E-state index >= 15 is 0 Å². The fraction of sp³-hybridized carbons (Fsp3) is 0.333. The lowest BCUT2D eigenvalue weighted by molar-refractivity contribution is -0.139. The minimum atomic E-state index is -1.25. The number of fused-ring (bicyclic) bond motifs is 1. The molecule has 0 spiro atoms. The molecule has 1 aliphatic heterocycles. The molecule has 3 rings (SSSR count). The summed E-state index contributed by atoms with van der Waals surface area (Å²) in [4.78, 5) is 50.2. The van der Waals surface area contributed by atoms with Gasteiger partial charge in [0.15, 0.2) is 0 Å². The number of carbonyl (C=O) groups is 4. The second-order valence-corrected chi connectivity index (χ2v) is 8.55. The van der Waals surface area contributed by atoms with Crippen LogP contribution < -0.4 is 10.6 Å². The van der Waals surface area contributed by atoms with Gasteiger partial charge in [-0.1, -0.05) is 17.7 Å². The monoisotopic (exact) mass is 471 g/mol. The lowest BCUT2D eigenvalue weighted by Gasteiger charge is -2.31. The largest absolute Gasteiger partial charge is 0.480 e. The van der Waals surface area contributed by atoms with Crippen molar-refractivity contribution in [2.24, 2.45) is 0 Å². The molecular formula is C24H26ClN3O5. The smallest absolute Gasteiger partial charge is 0.328 e. The van der Waals surface area contributed by atoms with Crippen LogP contribution in [0.3, 0.4) is 0 Å². The molecule has 1 atom stereocenters. The summed E-state index contributed by atoms with van der Waals surface area (Å²) < 4.78 is 0. The summed E-state index contributed by atoms with van der Waals surface area (Å²) in [7, 11) is 0. The quantitative estimate of drug-likeness (QED) is 0.598. The number of nitrogens with zero attached hydrogens (tertiary/aromatic N) is 1. The third kappa shape index (κ3) is 5.51. The molecule has 0 bridgehead atoms. The second kappa shape index (κ2) is 10.0. The van der Waals surface area contributed by atoms with Crippen LogP contribution in [0.15, 0.2) is 30.3 Å². The van der Waals surface area contributed by atoms with Gasteiger partial charge in [-0.2, -0.15) is 0 Å². The summed E-state index contributed by atoms with van der Waals surface area (Å²) in [5, 5.41) is 14.9. The number of rotatable bonds is 6. The number of halogens is 1. The topological polar surface area (TPSA) is 116 Å². The molecule has 8 nitrogen and oxygen atoms in total. The zero-order valence-electron chi connectivity index (χ0n) is 18.7. The maximum Gasteiger partial charge on any atom is 0.328 e. The van der Waals surface area contributed by atoms with Gasteiger partial charge in [0.1, 0.15) is 6.04 Å². The van der Waals surface area contributed by atoms with Gasteiger partial charge in [-0.05, 0) is 66.8 Å². The van der Waals surface area contributed by atoms with Crippen LogP contribution in [0.1, 0.15) is 49.9 Å².